The van der Waals surface area contributed by atoms with Gasteiger partial charge in [-0.2, -0.15) is 0 Å². The number of aliphatic carboxylic acids is 1. The number of anilines is 1. The van der Waals surface area contributed by atoms with Gasteiger partial charge < -0.3 is 25.5 Å². The largest absolute Gasteiger partial charge is 0.479 e. The van der Waals surface area contributed by atoms with Crippen LogP contribution < -0.4 is 10.6 Å². The van der Waals surface area contributed by atoms with E-state index < -0.39 is 41.9 Å². The van der Waals surface area contributed by atoms with Crippen LogP contribution in [0.3, 0.4) is 0 Å². The van der Waals surface area contributed by atoms with Crippen molar-refractivity contribution < 1.29 is 28.6 Å². The van der Waals surface area contributed by atoms with Gasteiger partial charge in [0, 0.05) is 12.6 Å². The first-order chi connectivity index (χ1) is 13.9. The second kappa shape index (κ2) is 7.56. The summed E-state index contributed by atoms with van der Waals surface area (Å²) in [5.41, 5.74) is 1.04. The van der Waals surface area contributed by atoms with E-state index in [0.29, 0.717) is 15.9 Å². The van der Waals surface area contributed by atoms with Gasteiger partial charge in [0.05, 0.1) is 22.2 Å². The third-order valence-corrected chi connectivity index (χ3v) is 5.11. The van der Waals surface area contributed by atoms with Gasteiger partial charge in [-0.05, 0) is 18.2 Å². The number of benzene rings is 1. The molecule has 0 spiro atoms. The van der Waals surface area contributed by atoms with E-state index in [4.69, 9.17) is 9.84 Å². The van der Waals surface area contributed by atoms with Crippen LogP contribution in [0.15, 0.2) is 30.7 Å². The molecule has 0 bridgehead atoms. The molecule has 4 rings (SSSR count). The summed E-state index contributed by atoms with van der Waals surface area (Å²) in [6.07, 6.45) is 0.695. The van der Waals surface area contributed by atoms with Crippen molar-refractivity contribution in [3.63, 3.8) is 0 Å². The Bertz CT molecular complexity index is 1090. The van der Waals surface area contributed by atoms with Crippen LogP contribution in [0.2, 0.25) is 0 Å². The first-order valence-corrected chi connectivity index (χ1v) is 9.25. The number of halogens is 1. The number of aromatic nitrogens is 3. The summed E-state index contributed by atoms with van der Waals surface area (Å²) in [5, 5.41) is 14.2. The van der Waals surface area contributed by atoms with Crippen molar-refractivity contribution in [2.45, 2.75) is 24.7 Å². The molecular weight excluding hydrogens is 405 g/mol. The van der Waals surface area contributed by atoms with Gasteiger partial charge in [0.25, 0.3) is 5.91 Å². The number of aromatic amines is 1. The van der Waals surface area contributed by atoms with Crippen LogP contribution in [0, 0.1) is 5.82 Å². The number of ether oxygens (including phenoxy) is 1. The normalized spacial score (nSPS) is 18.9. The summed E-state index contributed by atoms with van der Waals surface area (Å²) in [6.45, 7) is 0. The number of amides is 2. The molecule has 0 saturated carbocycles. The maximum Gasteiger partial charge on any atom is 0.336 e. The molecule has 1 aliphatic heterocycles. The Morgan fingerprint density at radius 1 is 1.34 bits per heavy atom. The highest BCUT2D eigenvalue weighted by Gasteiger charge is 2.51. The maximum atomic E-state index is 13.3. The third kappa shape index (κ3) is 4.22. The van der Waals surface area contributed by atoms with Crippen LogP contribution in [0.4, 0.5) is 9.52 Å². The Labute approximate surface area is 166 Å². The minimum Gasteiger partial charge on any atom is -0.479 e. The number of carboxylic acid groups (broad SMARTS) is 1. The van der Waals surface area contributed by atoms with Gasteiger partial charge in [-0.25, -0.2) is 19.2 Å². The summed E-state index contributed by atoms with van der Waals surface area (Å²) in [5.74, 6) is -2.95. The molecule has 4 N–H and O–H groups in total. The van der Waals surface area contributed by atoms with Crippen LogP contribution in [0.1, 0.15) is 5.69 Å². The van der Waals surface area contributed by atoms with Crippen LogP contribution in [0.25, 0.3) is 10.2 Å². The van der Waals surface area contributed by atoms with E-state index in [-0.39, 0.29) is 11.6 Å². The van der Waals surface area contributed by atoms with E-state index in [9.17, 15) is 18.8 Å². The lowest BCUT2D eigenvalue weighted by Crippen LogP contribution is -2.47. The van der Waals surface area contributed by atoms with E-state index >= 15 is 0 Å². The predicted molar refractivity (Wildman–Crippen MR) is 98.7 cm³/mol. The Morgan fingerprint density at radius 2 is 2.17 bits per heavy atom. The monoisotopic (exact) mass is 419 g/mol. The molecule has 29 heavy (non-hydrogen) atoms. The number of H-pyrrole nitrogens is 1. The third-order valence-electron chi connectivity index (χ3n) is 4.18. The lowest BCUT2D eigenvalue weighted by atomic mass is 10.1. The Balaban J connectivity index is 1.49. The van der Waals surface area contributed by atoms with Gasteiger partial charge >= 0.3 is 5.97 Å². The van der Waals surface area contributed by atoms with Crippen molar-refractivity contribution in [1.82, 2.24) is 20.3 Å². The molecule has 0 aliphatic carbocycles. The molecule has 2 aromatic heterocycles. The topological polar surface area (TPSA) is 150 Å². The molecular formula is C17H14FN5O5S. The molecule has 1 aromatic carbocycles. The number of carbonyl (C=O) groups is 3. The fourth-order valence-corrected chi connectivity index (χ4v) is 3.61. The lowest BCUT2D eigenvalue weighted by Gasteiger charge is -2.16. The van der Waals surface area contributed by atoms with E-state index in [2.05, 4.69) is 25.6 Å². The van der Waals surface area contributed by atoms with Crippen molar-refractivity contribution in [2.24, 2.45) is 0 Å². The average Bonchev–Trinajstić information content (AvgIpc) is 3.15. The molecule has 12 heteroatoms. The number of epoxide rings is 1. The molecule has 1 saturated heterocycles. The van der Waals surface area contributed by atoms with Gasteiger partial charge in [-0.3, -0.25) is 9.59 Å². The summed E-state index contributed by atoms with van der Waals surface area (Å²) in [4.78, 5) is 46.9. The Morgan fingerprint density at radius 3 is 2.86 bits per heavy atom. The van der Waals surface area contributed by atoms with Crippen molar-refractivity contribution in [3.8, 4) is 0 Å². The molecule has 1 fully saturated rings. The van der Waals surface area contributed by atoms with E-state index in [1.54, 1.807) is 6.20 Å². The number of carbonyl (C=O) groups excluding carboxylic acids is 2. The number of hydrogen-bond acceptors (Lipinski definition) is 7. The van der Waals surface area contributed by atoms with Crippen molar-refractivity contribution in [1.29, 1.82) is 0 Å². The molecule has 1 aliphatic rings. The highest BCUT2D eigenvalue weighted by Crippen LogP contribution is 2.27. The van der Waals surface area contributed by atoms with Gasteiger partial charge in [0.2, 0.25) is 5.91 Å². The smallest absolute Gasteiger partial charge is 0.336 e. The zero-order valence-electron chi connectivity index (χ0n) is 14.6. The van der Waals surface area contributed by atoms with Crippen LogP contribution >= 0.6 is 11.3 Å². The SMILES string of the molecule is O=C(Nc1nc2ccc(F)cc2s1)C(Cc1c[nH]cn1)NC(=O)[C@@H]1O[C@H]1C(=O)O. The first kappa shape index (κ1) is 19.0. The van der Waals surface area contributed by atoms with Crippen LogP contribution in [-0.2, 0) is 25.5 Å². The number of carboxylic acids is 1. The van der Waals surface area contributed by atoms with Crippen molar-refractivity contribution in [3.05, 3.63) is 42.2 Å². The number of nitrogens with one attached hydrogen (secondary N) is 3. The molecule has 2 amide bonds. The Hall–Kier alpha value is -3.38. The van der Waals surface area contributed by atoms with Crippen LogP contribution in [-0.4, -0.2) is 56.1 Å². The predicted octanol–water partition coefficient (Wildman–Crippen LogP) is 0.676. The second-order valence-electron chi connectivity index (χ2n) is 6.26. The highest BCUT2D eigenvalue weighted by molar-refractivity contribution is 7.22. The number of nitrogens with zero attached hydrogens (tertiary/aromatic N) is 2. The fraction of sp³-hybridized carbons (Fsp3) is 0.235. The van der Waals surface area contributed by atoms with E-state index in [0.717, 1.165) is 11.3 Å². The van der Waals surface area contributed by atoms with Gasteiger partial charge in [-0.15, -0.1) is 0 Å². The summed E-state index contributed by atoms with van der Waals surface area (Å²) in [6, 6.07) is 3.02. The zero-order valence-corrected chi connectivity index (χ0v) is 15.4. The van der Waals surface area contributed by atoms with E-state index in [1.165, 1.54) is 24.5 Å². The van der Waals surface area contributed by atoms with Crippen molar-refractivity contribution >= 4 is 44.5 Å². The molecule has 10 nitrogen and oxygen atoms in total. The summed E-state index contributed by atoms with van der Waals surface area (Å²) < 4.78 is 18.7. The fourth-order valence-electron chi connectivity index (χ4n) is 2.72. The molecule has 1 unspecified atom stereocenters. The second-order valence-corrected chi connectivity index (χ2v) is 7.29. The molecule has 3 aromatic rings. The molecule has 3 heterocycles. The number of thiazole rings is 1. The number of rotatable bonds is 7. The highest BCUT2D eigenvalue weighted by atomic mass is 32.1. The van der Waals surface area contributed by atoms with E-state index in [1.807, 2.05) is 0 Å². The number of hydrogen-bond donors (Lipinski definition) is 4. The number of imidazole rings is 1. The summed E-state index contributed by atoms with van der Waals surface area (Å²) in [7, 11) is 0. The molecule has 3 atom stereocenters. The average molecular weight is 419 g/mol. The lowest BCUT2D eigenvalue weighted by molar-refractivity contribution is -0.138. The minimum atomic E-state index is -1.25. The maximum absolute atomic E-state index is 13.3. The zero-order chi connectivity index (χ0) is 20.5. The van der Waals surface area contributed by atoms with Gasteiger partial charge in [0.1, 0.15) is 11.9 Å². The minimum absolute atomic E-state index is 0.0606. The van der Waals surface area contributed by atoms with Crippen molar-refractivity contribution in [2.75, 3.05) is 5.32 Å². The standard InChI is InChI=1S/C17H14FN5O5S/c18-7-1-2-9-11(3-7)29-17(22-9)23-14(24)10(4-8-5-19-6-20-8)21-15(25)12-13(28-12)16(26)27/h1-3,5-6,10,12-13H,4H2,(H,19,20)(H,21,25)(H,26,27)(H,22,23,24)/t10?,12-,13-/m1/s1. The Kier molecular flexibility index (Phi) is 4.94. The quantitative estimate of drug-likeness (QED) is 0.411. The van der Waals surface area contributed by atoms with Crippen LogP contribution in [0.5, 0.6) is 0 Å². The van der Waals surface area contributed by atoms with Gasteiger partial charge in [-0.1, -0.05) is 11.3 Å². The van der Waals surface area contributed by atoms with Gasteiger partial charge in [0.15, 0.2) is 17.3 Å². The molecule has 0 radical (unpaired) electrons. The first-order valence-electron chi connectivity index (χ1n) is 8.44. The summed E-state index contributed by atoms with van der Waals surface area (Å²) >= 11 is 1.09. The molecule has 150 valence electrons. The number of fused-ring (bicyclic) bond motifs is 1.